The molecule has 0 aliphatic rings. The Balaban J connectivity index is 3.01. The van der Waals surface area contributed by atoms with Gasteiger partial charge in [-0.3, -0.25) is 0 Å². The molecule has 0 unspecified atom stereocenters. The topological polar surface area (TPSA) is 20.2 Å². The molecule has 0 amide bonds. The van der Waals surface area contributed by atoms with E-state index in [2.05, 4.69) is 11.8 Å². The molecule has 62 valence electrons. The minimum Gasteiger partial charge on any atom is -0.507 e. The van der Waals surface area contributed by atoms with Crippen molar-refractivity contribution in [2.75, 3.05) is 5.88 Å². The fourth-order valence-electron chi connectivity index (χ4n) is 0.739. The largest absolute Gasteiger partial charge is 0.507 e. The lowest BCUT2D eigenvalue weighted by atomic mass is 10.2. The van der Waals surface area contributed by atoms with Crippen molar-refractivity contribution < 1.29 is 5.11 Å². The van der Waals surface area contributed by atoms with Crippen molar-refractivity contribution in [1.29, 1.82) is 0 Å². The fraction of sp³-hybridized carbons (Fsp3) is 0.111. The maximum absolute atomic E-state index is 9.29. The van der Waals surface area contributed by atoms with E-state index in [0.29, 0.717) is 10.6 Å². The van der Waals surface area contributed by atoms with Gasteiger partial charge >= 0.3 is 0 Å². The van der Waals surface area contributed by atoms with Gasteiger partial charge in [-0.1, -0.05) is 23.4 Å². The van der Waals surface area contributed by atoms with Crippen LogP contribution in [-0.2, 0) is 0 Å². The molecule has 0 radical (unpaired) electrons. The van der Waals surface area contributed by atoms with E-state index in [0.717, 1.165) is 0 Å². The third kappa shape index (κ3) is 2.34. The summed E-state index contributed by atoms with van der Waals surface area (Å²) in [5, 5.41) is 9.78. The van der Waals surface area contributed by atoms with Gasteiger partial charge in [0.25, 0.3) is 0 Å². The van der Waals surface area contributed by atoms with Gasteiger partial charge in [-0.05, 0) is 18.2 Å². The Morgan fingerprint density at radius 3 is 2.75 bits per heavy atom. The average Bonchev–Trinajstić information content (AvgIpc) is 2.03. The van der Waals surface area contributed by atoms with Gasteiger partial charge < -0.3 is 5.11 Å². The highest BCUT2D eigenvalue weighted by atomic mass is 35.5. The van der Waals surface area contributed by atoms with Crippen LogP contribution in [0.4, 0.5) is 0 Å². The molecule has 0 spiro atoms. The van der Waals surface area contributed by atoms with Crippen LogP contribution in [0, 0.1) is 11.8 Å². The molecule has 1 rings (SSSR count). The Bertz CT molecular complexity index is 336. The highest BCUT2D eigenvalue weighted by molar-refractivity contribution is 6.30. The third-order valence-corrected chi connectivity index (χ3v) is 1.62. The molecule has 0 aliphatic carbocycles. The number of phenolic OH excluding ortho intramolecular Hbond substituents is 1. The molecule has 0 saturated heterocycles. The second kappa shape index (κ2) is 4.25. The summed E-state index contributed by atoms with van der Waals surface area (Å²) in [6.45, 7) is 0. The van der Waals surface area contributed by atoms with Crippen LogP contribution < -0.4 is 0 Å². The summed E-state index contributed by atoms with van der Waals surface area (Å²) in [5.74, 6) is 5.67. The second-order valence-corrected chi connectivity index (χ2v) is 2.80. The highest BCUT2D eigenvalue weighted by Crippen LogP contribution is 2.20. The SMILES string of the molecule is Oc1cc(Cl)ccc1C#CCCl. The van der Waals surface area contributed by atoms with E-state index in [-0.39, 0.29) is 11.6 Å². The van der Waals surface area contributed by atoms with Crippen molar-refractivity contribution in [2.24, 2.45) is 0 Å². The molecule has 3 heteroatoms. The number of phenols is 1. The zero-order chi connectivity index (χ0) is 8.97. The van der Waals surface area contributed by atoms with E-state index >= 15 is 0 Å². The van der Waals surface area contributed by atoms with E-state index < -0.39 is 0 Å². The molecule has 0 heterocycles. The minimum absolute atomic E-state index is 0.0834. The van der Waals surface area contributed by atoms with Crippen LogP contribution in [0.25, 0.3) is 0 Å². The van der Waals surface area contributed by atoms with Gasteiger partial charge in [-0.15, -0.1) is 11.6 Å². The van der Waals surface area contributed by atoms with E-state index in [1.54, 1.807) is 12.1 Å². The van der Waals surface area contributed by atoms with E-state index in [1.807, 2.05) is 0 Å². The molecule has 0 aliphatic heterocycles. The van der Waals surface area contributed by atoms with E-state index in [1.165, 1.54) is 6.07 Å². The number of halogens is 2. The molecule has 0 atom stereocenters. The average molecular weight is 201 g/mol. The third-order valence-electron chi connectivity index (χ3n) is 1.25. The first kappa shape index (κ1) is 9.25. The zero-order valence-electron chi connectivity index (χ0n) is 6.14. The molecule has 0 saturated carbocycles. The lowest BCUT2D eigenvalue weighted by Crippen LogP contribution is -1.76. The fourth-order valence-corrected chi connectivity index (χ4v) is 0.972. The van der Waals surface area contributed by atoms with Crippen molar-refractivity contribution in [1.82, 2.24) is 0 Å². The van der Waals surface area contributed by atoms with Gasteiger partial charge in [0.1, 0.15) is 5.75 Å². The Labute approximate surface area is 80.9 Å². The minimum atomic E-state index is 0.0834. The van der Waals surface area contributed by atoms with Crippen molar-refractivity contribution in [3.05, 3.63) is 28.8 Å². The smallest absolute Gasteiger partial charge is 0.132 e. The lowest BCUT2D eigenvalue weighted by molar-refractivity contribution is 0.474. The molecule has 0 bridgehead atoms. The summed E-state index contributed by atoms with van der Waals surface area (Å²) < 4.78 is 0. The molecular weight excluding hydrogens is 195 g/mol. The molecule has 1 aromatic rings. The van der Waals surface area contributed by atoms with E-state index in [4.69, 9.17) is 23.2 Å². The van der Waals surface area contributed by atoms with Gasteiger partial charge in [-0.2, -0.15) is 0 Å². The van der Waals surface area contributed by atoms with Crippen LogP contribution in [0.2, 0.25) is 5.02 Å². The number of benzene rings is 1. The van der Waals surface area contributed by atoms with Crippen molar-refractivity contribution in [3.8, 4) is 17.6 Å². The van der Waals surface area contributed by atoms with Gasteiger partial charge in [0.05, 0.1) is 11.4 Å². The number of hydrogen-bond donors (Lipinski definition) is 1. The van der Waals surface area contributed by atoms with Crippen LogP contribution in [0.1, 0.15) is 5.56 Å². The van der Waals surface area contributed by atoms with Gasteiger partial charge in [0, 0.05) is 5.02 Å². The number of aromatic hydroxyl groups is 1. The number of hydrogen-bond acceptors (Lipinski definition) is 1. The maximum Gasteiger partial charge on any atom is 0.132 e. The van der Waals surface area contributed by atoms with E-state index in [9.17, 15) is 5.11 Å². The summed E-state index contributed by atoms with van der Waals surface area (Å²) in [6, 6.07) is 4.76. The first-order valence-electron chi connectivity index (χ1n) is 3.27. The van der Waals surface area contributed by atoms with Crippen LogP contribution >= 0.6 is 23.2 Å². The van der Waals surface area contributed by atoms with Crippen LogP contribution in [0.5, 0.6) is 5.75 Å². The Morgan fingerprint density at radius 1 is 1.42 bits per heavy atom. The molecule has 0 aromatic heterocycles. The summed E-state index contributed by atoms with van der Waals surface area (Å²) in [5.41, 5.74) is 0.542. The molecule has 1 aromatic carbocycles. The quantitative estimate of drug-likeness (QED) is 0.505. The summed E-state index contributed by atoms with van der Waals surface area (Å²) >= 11 is 11.0. The van der Waals surface area contributed by atoms with Crippen LogP contribution in [0.3, 0.4) is 0 Å². The highest BCUT2D eigenvalue weighted by Gasteiger charge is 1.96. The van der Waals surface area contributed by atoms with Crippen molar-refractivity contribution >= 4 is 23.2 Å². The van der Waals surface area contributed by atoms with Gasteiger partial charge in [0.2, 0.25) is 0 Å². The zero-order valence-corrected chi connectivity index (χ0v) is 7.65. The molecule has 12 heavy (non-hydrogen) atoms. The van der Waals surface area contributed by atoms with Crippen molar-refractivity contribution in [2.45, 2.75) is 0 Å². The van der Waals surface area contributed by atoms with Crippen molar-refractivity contribution in [3.63, 3.8) is 0 Å². The maximum atomic E-state index is 9.29. The standard InChI is InChI=1S/C9H6Cl2O/c10-5-1-2-7-3-4-8(11)6-9(7)12/h3-4,6,12H,5H2. The Hall–Kier alpha value is -0.840. The second-order valence-electron chi connectivity index (χ2n) is 2.10. The molecule has 0 fully saturated rings. The summed E-state index contributed by atoms with van der Waals surface area (Å²) in [4.78, 5) is 0. The number of alkyl halides is 1. The first-order valence-corrected chi connectivity index (χ1v) is 4.18. The lowest BCUT2D eigenvalue weighted by Gasteiger charge is -1.95. The predicted molar refractivity (Wildman–Crippen MR) is 50.7 cm³/mol. The predicted octanol–water partition coefficient (Wildman–Crippen LogP) is 2.64. The number of rotatable bonds is 0. The molecule has 1 N–H and O–H groups in total. The molecular formula is C9H6Cl2O. The monoisotopic (exact) mass is 200 g/mol. The Kier molecular flexibility index (Phi) is 3.28. The summed E-state index contributed by atoms with van der Waals surface area (Å²) in [6.07, 6.45) is 0. The normalized spacial score (nSPS) is 8.83. The first-order chi connectivity index (χ1) is 5.74. The van der Waals surface area contributed by atoms with Crippen LogP contribution in [-0.4, -0.2) is 11.0 Å². The Morgan fingerprint density at radius 2 is 2.17 bits per heavy atom. The van der Waals surface area contributed by atoms with Gasteiger partial charge in [-0.25, -0.2) is 0 Å². The molecule has 1 nitrogen and oxygen atoms in total. The van der Waals surface area contributed by atoms with Gasteiger partial charge in [0.15, 0.2) is 0 Å². The summed E-state index contributed by atoms with van der Waals surface area (Å²) in [7, 11) is 0. The van der Waals surface area contributed by atoms with Crippen LogP contribution in [0.15, 0.2) is 18.2 Å².